The zero-order valence-corrected chi connectivity index (χ0v) is 10.7. The van der Waals surface area contributed by atoms with Gasteiger partial charge in [-0.3, -0.25) is 0 Å². The van der Waals surface area contributed by atoms with Gasteiger partial charge in [0.2, 0.25) is 0 Å². The van der Waals surface area contributed by atoms with Crippen LogP contribution in [-0.4, -0.2) is 21.9 Å². The van der Waals surface area contributed by atoms with Gasteiger partial charge in [-0.25, -0.2) is 0 Å². The Balaban J connectivity index is 3.53. The zero-order valence-electron chi connectivity index (χ0n) is 9.51. The molecule has 0 heterocycles. The summed E-state index contributed by atoms with van der Waals surface area (Å²) >= 11 is 0. The Hall–Kier alpha value is 0.137. The van der Waals surface area contributed by atoms with E-state index in [1.165, 1.54) is 18.9 Å². The number of hydrogen-bond donors (Lipinski definition) is 0. The summed E-state index contributed by atoms with van der Waals surface area (Å²) in [5.41, 5.74) is 0. The predicted octanol–water partition coefficient (Wildman–Crippen LogP) is 2.93. The van der Waals surface area contributed by atoms with Crippen LogP contribution in [0.2, 0.25) is 12.6 Å². The van der Waals surface area contributed by atoms with Crippen LogP contribution < -0.4 is 0 Å². The molecule has 0 rings (SSSR count). The molecule has 0 aromatic heterocycles. The van der Waals surface area contributed by atoms with E-state index in [0.29, 0.717) is 0 Å². The molecule has 0 aromatic carbocycles. The molecule has 0 N–H and O–H groups in total. The van der Waals surface area contributed by atoms with Gasteiger partial charge in [0, 0.05) is 6.61 Å². The maximum Gasteiger partial charge on any atom is 0.177 e. The summed E-state index contributed by atoms with van der Waals surface area (Å²) in [4.78, 5) is 0. The average molecular weight is 204 g/mol. The van der Waals surface area contributed by atoms with Crippen molar-refractivity contribution in [3.8, 4) is 0 Å². The van der Waals surface area contributed by atoms with Crippen LogP contribution >= 0.6 is 0 Å². The van der Waals surface area contributed by atoms with Gasteiger partial charge in [-0.2, -0.15) is 0 Å². The summed E-state index contributed by atoms with van der Waals surface area (Å²) < 4.78 is 11.3. The second kappa shape index (κ2) is 8.72. The molecule has 0 amide bonds. The summed E-state index contributed by atoms with van der Waals surface area (Å²) in [6, 6.07) is 1.28. The van der Waals surface area contributed by atoms with E-state index < -0.39 is 9.04 Å². The fraction of sp³-hybridized carbons (Fsp3) is 1.00. The zero-order chi connectivity index (χ0) is 10.1. The molecule has 0 spiro atoms. The molecule has 0 aliphatic carbocycles. The van der Waals surface area contributed by atoms with Gasteiger partial charge >= 0.3 is 0 Å². The molecule has 80 valence electrons. The number of hydrogen-bond acceptors (Lipinski definition) is 2. The molecule has 0 aliphatic rings. The lowest BCUT2D eigenvalue weighted by Gasteiger charge is -2.20. The van der Waals surface area contributed by atoms with Gasteiger partial charge < -0.3 is 9.16 Å². The van der Waals surface area contributed by atoms with Gasteiger partial charge in [-0.1, -0.05) is 26.7 Å². The Bertz CT molecular complexity index is 109. The molecule has 0 aliphatic heterocycles. The van der Waals surface area contributed by atoms with Crippen molar-refractivity contribution in [1.29, 1.82) is 0 Å². The number of unbranched alkanes of at least 4 members (excludes halogenated alkanes) is 1. The molecule has 2 atom stereocenters. The lowest BCUT2D eigenvalue weighted by atomic mass is 10.4. The molecule has 13 heavy (non-hydrogen) atoms. The van der Waals surface area contributed by atoms with Crippen LogP contribution in [-0.2, 0) is 9.16 Å². The molecular weight excluding hydrogens is 180 g/mol. The van der Waals surface area contributed by atoms with Crippen LogP contribution in [0.3, 0.4) is 0 Å². The van der Waals surface area contributed by atoms with Crippen molar-refractivity contribution >= 4 is 9.04 Å². The molecule has 0 saturated carbocycles. The molecular formula is C10H24O2Si. The largest absolute Gasteiger partial charge is 0.396 e. The van der Waals surface area contributed by atoms with Crippen molar-refractivity contribution in [2.75, 3.05) is 6.61 Å². The van der Waals surface area contributed by atoms with Gasteiger partial charge in [-0.05, 0) is 25.9 Å². The minimum Gasteiger partial charge on any atom is -0.396 e. The minimum atomic E-state index is -0.952. The van der Waals surface area contributed by atoms with Crippen LogP contribution in [0.4, 0.5) is 0 Å². The normalized spacial score (nSPS) is 15.7. The first-order chi connectivity index (χ1) is 6.24. The van der Waals surface area contributed by atoms with E-state index in [0.717, 1.165) is 13.0 Å². The van der Waals surface area contributed by atoms with Crippen LogP contribution in [0, 0.1) is 0 Å². The highest BCUT2D eigenvalue weighted by Gasteiger charge is 2.11. The van der Waals surface area contributed by atoms with Crippen molar-refractivity contribution in [2.45, 2.75) is 58.9 Å². The topological polar surface area (TPSA) is 18.5 Å². The van der Waals surface area contributed by atoms with E-state index in [1.807, 2.05) is 6.92 Å². The van der Waals surface area contributed by atoms with E-state index in [9.17, 15) is 0 Å². The molecule has 2 unspecified atom stereocenters. The Morgan fingerprint density at radius 2 is 1.92 bits per heavy atom. The maximum absolute atomic E-state index is 5.86. The minimum absolute atomic E-state index is 0.0588. The first-order valence-electron chi connectivity index (χ1n) is 5.51. The van der Waals surface area contributed by atoms with E-state index in [4.69, 9.17) is 9.16 Å². The smallest absolute Gasteiger partial charge is 0.177 e. The third-order valence-corrected chi connectivity index (χ3v) is 4.02. The third kappa shape index (κ3) is 7.23. The second-order valence-corrected chi connectivity index (χ2v) is 5.85. The van der Waals surface area contributed by atoms with Crippen molar-refractivity contribution < 1.29 is 9.16 Å². The molecule has 0 bridgehead atoms. The SMILES string of the molecule is CCCC[SiH](C)OC(CC)OCC. The quantitative estimate of drug-likeness (QED) is 0.447. The van der Waals surface area contributed by atoms with Crippen molar-refractivity contribution in [2.24, 2.45) is 0 Å². The van der Waals surface area contributed by atoms with Crippen molar-refractivity contribution in [3.63, 3.8) is 0 Å². The summed E-state index contributed by atoms with van der Waals surface area (Å²) in [6.45, 7) is 9.37. The monoisotopic (exact) mass is 204 g/mol. The van der Waals surface area contributed by atoms with Gasteiger partial charge in [0.05, 0.1) is 0 Å². The summed E-state index contributed by atoms with van der Waals surface area (Å²) in [7, 11) is -0.952. The third-order valence-electron chi connectivity index (χ3n) is 2.03. The summed E-state index contributed by atoms with van der Waals surface area (Å²) in [5.74, 6) is 0. The highest BCUT2D eigenvalue weighted by atomic mass is 28.3. The Morgan fingerprint density at radius 3 is 2.38 bits per heavy atom. The number of rotatable bonds is 8. The summed E-state index contributed by atoms with van der Waals surface area (Å²) in [5, 5.41) is 0. The standard InChI is InChI=1S/C10H24O2Si/c1-5-8-9-13(4)12-10(6-2)11-7-3/h10,13H,5-9H2,1-4H3. The fourth-order valence-corrected chi connectivity index (χ4v) is 3.17. The van der Waals surface area contributed by atoms with E-state index >= 15 is 0 Å². The van der Waals surface area contributed by atoms with Crippen LogP contribution in [0.25, 0.3) is 0 Å². The van der Waals surface area contributed by atoms with Crippen LogP contribution in [0.5, 0.6) is 0 Å². The van der Waals surface area contributed by atoms with Gasteiger partial charge in [0.15, 0.2) is 9.04 Å². The summed E-state index contributed by atoms with van der Waals surface area (Å²) in [6.07, 6.45) is 3.60. The number of ether oxygens (including phenoxy) is 1. The highest BCUT2D eigenvalue weighted by molar-refractivity contribution is 6.50. The van der Waals surface area contributed by atoms with Crippen molar-refractivity contribution in [1.82, 2.24) is 0 Å². The maximum atomic E-state index is 5.86. The Kier molecular flexibility index (Phi) is 8.81. The van der Waals surface area contributed by atoms with E-state index in [1.54, 1.807) is 0 Å². The molecule has 2 nitrogen and oxygen atoms in total. The van der Waals surface area contributed by atoms with Crippen molar-refractivity contribution in [3.05, 3.63) is 0 Å². The van der Waals surface area contributed by atoms with Gasteiger partial charge in [-0.15, -0.1) is 0 Å². The Morgan fingerprint density at radius 1 is 1.23 bits per heavy atom. The predicted molar refractivity (Wildman–Crippen MR) is 59.5 cm³/mol. The fourth-order valence-electron chi connectivity index (χ4n) is 1.26. The molecule has 0 radical (unpaired) electrons. The molecule has 3 heteroatoms. The first-order valence-corrected chi connectivity index (χ1v) is 7.95. The lowest BCUT2D eigenvalue weighted by Crippen LogP contribution is -2.25. The lowest BCUT2D eigenvalue weighted by molar-refractivity contribution is -0.0792. The molecule has 0 aromatic rings. The Labute approximate surface area is 84.4 Å². The molecule has 0 saturated heterocycles. The second-order valence-electron chi connectivity index (χ2n) is 3.38. The van der Waals surface area contributed by atoms with E-state index in [-0.39, 0.29) is 6.29 Å². The molecule has 0 fully saturated rings. The van der Waals surface area contributed by atoms with Gasteiger partial charge in [0.1, 0.15) is 6.29 Å². The highest BCUT2D eigenvalue weighted by Crippen LogP contribution is 2.08. The van der Waals surface area contributed by atoms with Gasteiger partial charge in [0.25, 0.3) is 0 Å². The first kappa shape index (κ1) is 13.1. The van der Waals surface area contributed by atoms with E-state index in [2.05, 4.69) is 20.4 Å². The van der Waals surface area contributed by atoms with Crippen LogP contribution in [0.15, 0.2) is 0 Å². The van der Waals surface area contributed by atoms with Crippen LogP contribution in [0.1, 0.15) is 40.0 Å². The average Bonchev–Trinajstić information content (AvgIpc) is 2.14.